The predicted molar refractivity (Wildman–Crippen MR) is 135 cm³/mol. The number of alkyl halides is 6. The predicted octanol–water partition coefficient (Wildman–Crippen LogP) is 5.15. The van der Waals surface area contributed by atoms with Crippen LogP contribution < -0.4 is 10.6 Å². The van der Waals surface area contributed by atoms with Crippen molar-refractivity contribution in [2.75, 3.05) is 19.9 Å². The molecule has 40 heavy (non-hydrogen) atoms. The monoisotopic (exact) mass is 567 g/mol. The largest absolute Gasteiger partial charge is 0.416 e. The lowest BCUT2D eigenvalue weighted by Crippen LogP contribution is -2.50. The maximum Gasteiger partial charge on any atom is 0.416 e. The van der Waals surface area contributed by atoms with Gasteiger partial charge in [-0.05, 0) is 34.9 Å². The van der Waals surface area contributed by atoms with Crippen LogP contribution in [-0.4, -0.2) is 43.7 Å². The molecular formula is C28H27F6N3O3. The van der Waals surface area contributed by atoms with Crippen LogP contribution in [0.3, 0.4) is 0 Å². The van der Waals surface area contributed by atoms with Crippen molar-refractivity contribution >= 4 is 12.8 Å². The standard InChI is InChI=1S/C28H27F6N3O3/c29-27(30,31)23-11-20(12-24(13-23)28(32,33)34)14-40-15-25(37(16-35-18-38)17-36-19-39)26(21-7-3-1-4-8-21)22-9-5-2-6-10-22/h1-13,18-19,25-26H,14-17H2,(H,35,38)(H,36,39). The Morgan fingerprint density at radius 1 is 0.725 bits per heavy atom. The molecule has 0 radical (unpaired) electrons. The quantitative estimate of drug-likeness (QED) is 0.161. The van der Waals surface area contributed by atoms with E-state index in [0.717, 1.165) is 11.1 Å². The van der Waals surface area contributed by atoms with Crippen molar-refractivity contribution in [1.82, 2.24) is 15.5 Å². The highest BCUT2D eigenvalue weighted by molar-refractivity contribution is 5.46. The van der Waals surface area contributed by atoms with Crippen molar-refractivity contribution in [1.29, 1.82) is 0 Å². The van der Waals surface area contributed by atoms with E-state index in [2.05, 4.69) is 10.6 Å². The Labute approximate surface area is 226 Å². The molecule has 6 nitrogen and oxygen atoms in total. The van der Waals surface area contributed by atoms with Crippen LogP contribution in [0.25, 0.3) is 0 Å². The molecule has 3 aromatic rings. The summed E-state index contributed by atoms with van der Waals surface area (Å²) in [6.45, 7) is -0.782. The second-order valence-electron chi connectivity index (χ2n) is 8.84. The molecule has 0 aliphatic carbocycles. The maximum absolute atomic E-state index is 13.3. The molecule has 0 bridgehead atoms. The second kappa shape index (κ2) is 13.9. The van der Waals surface area contributed by atoms with Crippen molar-refractivity contribution in [3.8, 4) is 0 Å². The van der Waals surface area contributed by atoms with Gasteiger partial charge in [-0.3, -0.25) is 14.5 Å². The molecule has 1 atom stereocenters. The third kappa shape index (κ3) is 8.55. The van der Waals surface area contributed by atoms with E-state index >= 15 is 0 Å². The maximum atomic E-state index is 13.3. The topological polar surface area (TPSA) is 70.7 Å². The Kier molecular flexibility index (Phi) is 10.7. The molecule has 214 valence electrons. The van der Waals surface area contributed by atoms with Gasteiger partial charge in [0.2, 0.25) is 12.8 Å². The van der Waals surface area contributed by atoms with Crippen LogP contribution in [0.1, 0.15) is 33.7 Å². The Morgan fingerprint density at radius 3 is 1.57 bits per heavy atom. The first kappa shape index (κ1) is 30.6. The molecule has 12 heteroatoms. The van der Waals surface area contributed by atoms with Crippen molar-refractivity contribution in [3.63, 3.8) is 0 Å². The van der Waals surface area contributed by atoms with Crippen LogP contribution in [0.4, 0.5) is 26.3 Å². The summed E-state index contributed by atoms with van der Waals surface area (Å²) in [5.41, 5.74) is -1.50. The van der Waals surface area contributed by atoms with Gasteiger partial charge in [-0.2, -0.15) is 26.3 Å². The number of rotatable bonds is 14. The number of benzene rings is 3. The lowest BCUT2D eigenvalue weighted by Gasteiger charge is -2.37. The minimum Gasteiger partial charge on any atom is -0.375 e. The minimum absolute atomic E-state index is 0.0314. The van der Waals surface area contributed by atoms with Crippen molar-refractivity contribution in [3.05, 3.63) is 107 Å². The number of hydrogen-bond acceptors (Lipinski definition) is 4. The molecular weight excluding hydrogens is 540 g/mol. The van der Waals surface area contributed by atoms with Gasteiger partial charge in [0.25, 0.3) is 0 Å². The highest BCUT2D eigenvalue weighted by atomic mass is 19.4. The average Bonchev–Trinajstić information content (AvgIpc) is 2.93. The lowest BCUT2D eigenvalue weighted by atomic mass is 9.84. The minimum atomic E-state index is -4.98. The second-order valence-corrected chi connectivity index (χ2v) is 8.84. The molecule has 0 saturated heterocycles. The highest BCUT2D eigenvalue weighted by Crippen LogP contribution is 2.37. The summed E-state index contributed by atoms with van der Waals surface area (Å²) in [5, 5.41) is 5.07. The fourth-order valence-electron chi connectivity index (χ4n) is 4.37. The third-order valence-corrected chi connectivity index (χ3v) is 6.13. The summed E-state index contributed by atoms with van der Waals surface area (Å²) in [6.07, 6.45) is -9.04. The van der Waals surface area contributed by atoms with E-state index in [0.29, 0.717) is 25.0 Å². The Bertz CT molecular complexity index is 1140. The van der Waals surface area contributed by atoms with E-state index in [1.54, 1.807) is 4.90 Å². The van der Waals surface area contributed by atoms with Gasteiger partial charge in [0, 0.05) is 12.0 Å². The molecule has 0 aliphatic heterocycles. The van der Waals surface area contributed by atoms with Gasteiger partial charge >= 0.3 is 12.4 Å². The number of carbonyl (C=O) groups is 2. The van der Waals surface area contributed by atoms with Crippen LogP contribution >= 0.6 is 0 Å². The van der Waals surface area contributed by atoms with E-state index in [4.69, 9.17) is 4.74 Å². The van der Waals surface area contributed by atoms with Crippen LogP contribution in [0, 0.1) is 0 Å². The van der Waals surface area contributed by atoms with E-state index in [1.165, 1.54) is 0 Å². The number of nitrogens with zero attached hydrogens (tertiary/aromatic N) is 1. The number of nitrogens with one attached hydrogen (secondary N) is 2. The molecule has 0 aromatic heterocycles. The van der Waals surface area contributed by atoms with Crippen molar-refractivity contribution < 1.29 is 40.7 Å². The molecule has 3 aromatic carbocycles. The summed E-state index contributed by atoms with van der Waals surface area (Å²) in [6, 6.07) is 19.1. The SMILES string of the molecule is O=CNCN(CNC=O)C(COCc1cc(C(F)(F)F)cc(C(F)(F)F)c1)C(c1ccccc1)c1ccccc1. The smallest absolute Gasteiger partial charge is 0.375 e. The van der Waals surface area contributed by atoms with E-state index in [-0.39, 0.29) is 31.6 Å². The van der Waals surface area contributed by atoms with Gasteiger partial charge in [0.1, 0.15) is 0 Å². The van der Waals surface area contributed by atoms with Gasteiger partial charge in [-0.15, -0.1) is 0 Å². The van der Waals surface area contributed by atoms with Crippen LogP contribution in [-0.2, 0) is 33.3 Å². The summed E-state index contributed by atoms with van der Waals surface area (Å²) in [7, 11) is 0. The zero-order valence-electron chi connectivity index (χ0n) is 21.1. The molecule has 3 rings (SSSR count). The Balaban J connectivity index is 1.99. The molecule has 2 N–H and O–H groups in total. The van der Waals surface area contributed by atoms with E-state index in [9.17, 15) is 35.9 Å². The molecule has 0 fully saturated rings. The molecule has 0 heterocycles. The number of hydrogen-bond donors (Lipinski definition) is 2. The molecule has 1 unspecified atom stereocenters. The zero-order valence-corrected chi connectivity index (χ0v) is 21.1. The number of carbonyl (C=O) groups excluding carboxylic acids is 2. The first-order chi connectivity index (χ1) is 19.0. The first-order valence-corrected chi connectivity index (χ1v) is 12.1. The van der Waals surface area contributed by atoms with Crippen molar-refractivity contribution in [2.45, 2.75) is 30.9 Å². The molecule has 0 spiro atoms. The lowest BCUT2D eigenvalue weighted by molar-refractivity contribution is -0.143. The molecule has 0 aliphatic rings. The van der Waals surface area contributed by atoms with Crippen LogP contribution in [0.5, 0.6) is 0 Å². The number of ether oxygens (including phenoxy) is 1. The van der Waals surface area contributed by atoms with Gasteiger partial charge in [-0.1, -0.05) is 60.7 Å². The number of amides is 2. The van der Waals surface area contributed by atoms with Crippen molar-refractivity contribution in [2.24, 2.45) is 0 Å². The summed E-state index contributed by atoms with van der Waals surface area (Å²) < 4.78 is 85.7. The van der Waals surface area contributed by atoms with Gasteiger partial charge in [0.05, 0.1) is 37.7 Å². The van der Waals surface area contributed by atoms with Crippen LogP contribution in [0.2, 0.25) is 0 Å². The highest BCUT2D eigenvalue weighted by Gasteiger charge is 2.37. The van der Waals surface area contributed by atoms with Gasteiger partial charge in [-0.25, -0.2) is 0 Å². The molecule has 0 saturated carbocycles. The third-order valence-electron chi connectivity index (χ3n) is 6.13. The van der Waals surface area contributed by atoms with E-state index in [1.807, 2.05) is 60.7 Å². The summed E-state index contributed by atoms with van der Waals surface area (Å²) >= 11 is 0. The summed E-state index contributed by atoms with van der Waals surface area (Å²) in [4.78, 5) is 23.9. The Morgan fingerprint density at radius 2 is 1.18 bits per heavy atom. The normalized spacial score (nSPS) is 12.8. The Hall–Kier alpha value is -3.90. The average molecular weight is 568 g/mol. The fraction of sp³-hybridized carbons (Fsp3) is 0.286. The zero-order chi connectivity index (χ0) is 29.2. The molecule has 2 amide bonds. The van der Waals surface area contributed by atoms with Crippen LogP contribution in [0.15, 0.2) is 78.9 Å². The number of halogens is 6. The summed E-state index contributed by atoms with van der Waals surface area (Å²) in [5.74, 6) is -0.420. The first-order valence-electron chi connectivity index (χ1n) is 12.1. The van der Waals surface area contributed by atoms with E-state index < -0.39 is 42.0 Å². The fourth-order valence-corrected chi connectivity index (χ4v) is 4.37. The van der Waals surface area contributed by atoms with Gasteiger partial charge in [0.15, 0.2) is 0 Å². The van der Waals surface area contributed by atoms with Gasteiger partial charge < -0.3 is 15.4 Å².